The van der Waals surface area contributed by atoms with Gasteiger partial charge in [0.15, 0.2) is 12.4 Å². The first-order chi connectivity index (χ1) is 12.0. The molecule has 1 aromatic heterocycles. The van der Waals surface area contributed by atoms with E-state index in [0.29, 0.717) is 16.8 Å². The number of rotatable bonds is 5. The predicted octanol–water partition coefficient (Wildman–Crippen LogP) is 2.32. The maximum Gasteiger partial charge on any atom is 0.338 e. The number of hydrogen-bond donors (Lipinski definition) is 0. The molecule has 3 aromatic rings. The molecule has 126 valence electrons. The molecule has 0 fully saturated rings. The average molecular weight is 336 g/mol. The third-order valence-electron chi connectivity index (χ3n) is 3.88. The molecular formula is C18H16N4O3. The maximum atomic E-state index is 12.2. The van der Waals surface area contributed by atoms with Crippen molar-refractivity contribution < 1.29 is 14.3 Å². The molecule has 7 heteroatoms. The van der Waals surface area contributed by atoms with Gasteiger partial charge in [0.25, 0.3) is 0 Å². The molecule has 0 aliphatic rings. The van der Waals surface area contributed by atoms with Crippen LogP contribution >= 0.6 is 0 Å². The van der Waals surface area contributed by atoms with Crippen LogP contribution in [-0.4, -0.2) is 38.6 Å². The molecule has 0 saturated heterocycles. The average Bonchev–Trinajstić information content (AvgIpc) is 3.16. The summed E-state index contributed by atoms with van der Waals surface area (Å²) < 4.78 is 6.58. The first-order valence-electron chi connectivity index (χ1n) is 7.65. The molecule has 1 heterocycles. The number of ether oxygens (including phenoxy) is 1. The van der Waals surface area contributed by atoms with Crippen molar-refractivity contribution in [3.8, 4) is 5.69 Å². The van der Waals surface area contributed by atoms with Gasteiger partial charge in [0.05, 0.1) is 11.3 Å². The van der Waals surface area contributed by atoms with E-state index in [1.807, 2.05) is 19.9 Å². The molecule has 25 heavy (non-hydrogen) atoms. The van der Waals surface area contributed by atoms with E-state index in [1.165, 1.54) is 11.0 Å². The number of aromatic nitrogens is 4. The van der Waals surface area contributed by atoms with Crippen LogP contribution in [0.15, 0.2) is 48.8 Å². The summed E-state index contributed by atoms with van der Waals surface area (Å²) in [5, 5.41) is 10.9. The fourth-order valence-electron chi connectivity index (χ4n) is 2.24. The zero-order chi connectivity index (χ0) is 17.8. The highest BCUT2D eigenvalue weighted by Crippen LogP contribution is 2.12. The smallest absolute Gasteiger partial charge is 0.338 e. The largest absolute Gasteiger partial charge is 0.454 e. The Morgan fingerprint density at radius 2 is 1.72 bits per heavy atom. The van der Waals surface area contributed by atoms with Crippen molar-refractivity contribution in [2.75, 3.05) is 6.61 Å². The van der Waals surface area contributed by atoms with Crippen LogP contribution in [0.25, 0.3) is 5.69 Å². The van der Waals surface area contributed by atoms with E-state index in [-0.39, 0.29) is 12.4 Å². The van der Waals surface area contributed by atoms with Crippen molar-refractivity contribution in [2.45, 2.75) is 13.8 Å². The van der Waals surface area contributed by atoms with Crippen LogP contribution < -0.4 is 0 Å². The predicted molar refractivity (Wildman–Crippen MR) is 89.7 cm³/mol. The third-order valence-corrected chi connectivity index (χ3v) is 3.88. The second-order valence-electron chi connectivity index (χ2n) is 5.60. The zero-order valence-corrected chi connectivity index (χ0v) is 13.8. The molecule has 0 amide bonds. The van der Waals surface area contributed by atoms with Crippen LogP contribution in [0.4, 0.5) is 0 Å². The van der Waals surface area contributed by atoms with Crippen LogP contribution in [0.5, 0.6) is 0 Å². The number of nitrogens with zero attached hydrogens (tertiary/aromatic N) is 4. The van der Waals surface area contributed by atoms with Crippen molar-refractivity contribution in [3.63, 3.8) is 0 Å². The van der Waals surface area contributed by atoms with Crippen molar-refractivity contribution in [2.24, 2.45) is 0 Å². The van der Waals surface area contributed by atoms with E-state index >= 15 is 0 Å². The highest BCUT2D eigenvalue weighted by Gasteiger charge is 2.12. The van der Waals surface area contributed by atoms with Gasteiger partial charge in [-0.25, -0.2) is 9.48 Å². The Kier molecular flexibility index (Phi) is 4.65. The van der Waals surface area contributed by atoms with E-state index in [0.717, 1.165) is 11.1 Å². The van der Waals surface area contributed by atoms with E-state index in [2.05, 4.69) is 15.5 Å². The van der Waals surface area contributed by atoms with E-state index < -0.39 is 5.97 Å². The number of esters is 1. The van der Waals surface area contributed by atoms with Crippen LogP contribution in [0, 0.1) is 13.8 Å². The summed E-state index contributed by atoms with van der Waals surface area (Å²) >= 11 is 0. The summed E-state index contributed by atoms with van der Waals surface area (Å²) in [7, 11) is 0. The number of tetrazole rings is 1. The van der Waals surface area contributed by atoms with Gasteiger partial charge in [0.1, 0.15) is 6.33 Å². The number of aryl methyl sites for hydroxylation is 2. The van der Waals surface area contributed by atoms with Gasteiger partial charge in [-0.3, -0.25) is 4.79 Å². The number of carbonyl (C=O) groups is 2. The lowest BCUT2D eigenvalue weighted by molar-refractivity contribution is 0.0475. The fraction of sp³-hybridized carbons (Fsp3) is 0.167. The number of Topliss-reactive ketones (excluding diaryl/α,β-unsaturated/α-hetero) is 1. The summed E-state index contributed by atoms with van der Waals surface area (Å²) in [6.07, 6.45) is 1.45. The van der Waals surface area contributed by atoms with Gasteiger partial charge in [-0.1, -0.05) is 12.1 Å². The van der Waals surface area contributed by atoms with Crippen LogP contribution in [-0.2, 0) is 4.74 Å². The molecule has 7 nitrogen and oxygen atoms in total. The van der Waals surface area contributed by atoms with Crippen molar-refractivity contribution in [1.29, 1.82) is 0 Å². The Morgan fingerprint density at radius 1 is 1.00 bits per heavy atom. The lowest BCUT2D eigenvalue weighted by Gasteiger charge is -2.07. The van der Waals surface area contributed by atoms with Gasteiger partial charge >= 0.3 is 5.97 Å². The van der Waals surface area contributed by atoms with Crippen molar-refractivity contribution >= 4 is 11.8 Å². The van der Waals surface area contributed by atoms with Gasteiger partial charge in [-0.15, -0.1) is 5.10 Å². The number of ketones is 1. The van der Waals surface area contributed by atoms with Gasteiger partial charge in [-0.2, -0.15) is 0 Å². The molecule has 0 bridgehead atoms. The Bertz CT molecular complexity index is 903. The van der Waals surface area contributed by atoms with Gasteiger partial charge in [0.2, 0.25) is 0 Å². The second kappa shape index (κ2) is 7.04. The summed E-state index contributed by atoms with van der Waals surface area (Å²) in [6, 6.07) is 12.0. The van der Waals surface area contributed by atoms with Gasteiger partial charge in [0, 0.05) is 5.56 Å². The zero-order valence-electron chi connectivity index (χ0n) is 13.8. The van der Waals surface area contributed by atoms with Crippen LogP contribution in [0.2, 0.25) is 0 Å². The number of hydrogen-bond acceptors (Lipinski definition) is 6. The molecule has 0 aliphatic carbocycles. The molecule has 2 aromatic carbocycles. The Labute approximate surface area is 144 Å². The van der Waals surface area contributed by atoms with Crippen molar-refractivity contribution in [3.05, 3.63) is 71.0 Å². The van der Waals surface area contributed by atoms with E-state index in [4.69, 9.17) is 4.74 Å². The minimum Gasteiger partial charge on any atom is -0.454 e. The van der Waals surface area contributed by atoms with Gasteiger partial charge < -0.3 is 4.74 Å². The molecule has 0 spiro atoms. The first-order valence-corrected chi connectivity index (χ1v) is 7.65. The molecule has 0 radical (unpaired) electrons. The maximum absolute atomic E-state index is 12.2. The Balaban J connectivity index is 1.62. The lowest BCUT2D eigenvalue weighted by Crippen LogP contribution is -2.14. The molecular weight excluding hydrogens is 320 g/mol. The normalized spacial score (nSPS) is 10.5. The van der Waals surface area contributed by atoms with Gasteiger partial charge in [-0.05, 0) is 65.7 Å². The van der Waals surface area contributed by atoms with E-state index in [1.54, 1.807) is 36.4 Å². The highest BCUT2D eigenvalue weighted by atomic mass is 16.5. The number of carbonyl (C=O) groups excluding carboxylic acids is 2. The SMILES string of the molecule is Cc1ccc(C(=O)COC(=O)c2ccc(-n3cnnn3)cc2)cc1C. The standard InChI is InChI=1S/C18H16N4O3/c1-12-3-4-15(9-13(12)2)17(23)10-25-18(24)14-5-7-16(8-6-14)22-11-19-20-21-22/h3-9,11H,10H2,1-2H3. The molecule has 0 aliphatic heterocycles. The summed E-state index contributed by atoms with van der Waals surface area (Å²) in [4.78, 5) is 24.2. The molecule has 0 unspecified atom stereocenters. The summed E-state index contributed by atoms with van der Waals surface area (Å²) in [5.74, 6) is -0.790. The monoisotopic (exact) mass is 336 g/mol. The minimum atomic E-state index is -0.555. The second-order valence-corrected chi connectivity index (χ2v) is 5.60. The molecule has 0 saturated carbocycles. The van der Waals surface area contributed by atoms with Crippen LogP contribution in [0.3, 0.4) is 0 Å². The van der Waals surface area contributed by atoms with Crippen molar-refractivity contribution in [1.82, 2.24) is 20.2 Å². The topological polar surface area (TPSA) is 87.0 Å². The minimum absolute atomic E-state index is 0.234. The Hall–Kier alpha value is -3.35. The molecule has 3 rings (SSSR count). The molecule has 0 atom stereocenters. The first kappa shape index (κ1) is 16.5. The summed E-state index contributed by atoms with van der Waals surface area (Å²) in [6.45, 7) is 3.61. The quantitative estimate of drug-likeness (QED) is 0.525. The Morgan fingerprint density at radius 3 is 2.36 bits per heavy atom. The third kappa shape index (κ3) is 3.77. The summed E-state index contributed by atoms with van der Waals surface area (Å²) in [5.41, 5.74) is 3.73. The van der Waals surface area contributed by atoms with Crippen LogP contribution in [0.1, 0.15) is 31.8 Å². The molecule has 0 N–H and O–H groups in total. The highest BCUT2D eigenvalue weighted by molar-refractivity contribution is 5.99. The van der Waals surface area contributed by atoms with E-state index in [9.17, 15) is 9.59 Å². The number of benzene rings is 2. The lowest BCUT2D eigenvalue weighted by atomic mass is 10.0. The fourth-order valence-corrected chi connectivity index (χ4v) is 2.24.